The van der Waals surface area contributed by atoms with Gasteiger partial charge in [0.2, 0.25) is 0 Å². The summed E-state index contributed by atoms with van der Waals surface area (Å²) in [4.78, 5) is 2.54. The topological polar surface area (TPSA) is 15.3 Å². The van der Waals surface area contributed by atoms with E-state index in [9.17, 15) is 4.39 Å². The predicted octanol–water partition coefficient (Wildman–Crippen LogP) is 3.67. The van der Waals surface area contributed by atoms with Gasteiger partial charge in [-0.2, -0.15) is 0 Å². The number of nitrogens with zero attached hydrogens (tertiary/aromatic N) is 1. The summed E-state index contributed by atoms with van der Waals surface area (Å²) in [5.74, 6) is 1.17. The highest BCUT2D eigenvalue weighted by molar-refractivity contribution is 5.16. The van der Waals surface area contributed by atoms with Crippen LogP contribution in [0.3, 0.4) is 0 Å². The summed E-state index contributed by atoms with van der Waals surface area (Å²) < 4.78 is 13.4. The summed E-state index contributed by atoms with van der Waals surface area (Å²) in [7, 11) is 0. The van der Waals surface area contributed by atoms with Crippen LogP contribution in [0.5, 0.6) is 0 Å². The largest absolute Gasteiger partial charge is 0.311 e. The van der Waals surface area contributed by atoms with E-state index in [0.717, 1.165) is 25.2 Å². The molecule has 1 aromatic rings. The van der Waals surface area contributed by atoms with Crippen LogP contribution in [0.1, 0.15) is 39.7 Å². The van der Waals surface area contributed by atoms with Gasteiger partial charge in [-0.05, 0) is 36.0 Å². The molecule has 1 saturated heterocycles. The number of hydrogen-bond acceptors (Lipinski definition) is 2. The van der Waals surface area contributed by atoms with Crippen LogP contribution in [0.25, 0.3) is 0 Å². The molecule has 2 atom stereocenters. The van der Waals surface area contributed by atoms with Crippen LogP contribution < -0.4 is 5.32 Å². The van der Waals surface area contributed by atoms with E-state index in [1.807, 2.05) is 12.1 Å². The quantitative estimate of drug-likeness (QED) is 0.891. The summed E-state index contributed by atoms with van der Waals surface area (Å²) in [6.07, 6.45) is 1.19. The molecule has 1 heterocycles. The smallest absolute Gasteiger partial charge is 0.123 e. The van der Waals surface area contributed by atoms with Crippen LogP contribution in [0.15, 0.2) is 24.3 Å². The first kappa shape index (κ1) is 16.4. The van der Waals surface area contributed by atoms with Gasteiger partial charge in [0.15, 0.2) is 0 Å². The molecule has 2 rings (SSSR count). The van der Waals surface area contributed by atoms with Gasteiger partial charge in [0.05, 0.1) is 0 Å². The first-order valence-corrected chi connectivity index (χ1v) is 8.17. The summed E-state index contributed by atoms with van der Waals surface area (Å²) in [6.45, 7) is 12.0. The Morgan fingerprint density at radius 1 is 1.29 bits per heavy atom. The van der Waals surface area contributed by atoms with Gasteiger partial charge >= 0.3 is 0 Å². The van der Waals surface area contributed by atoms with E-state index in [2.05, 4.69) is 37.9 Å². The molecule has 1 fully saturated rings. The third-order valence-corrected chi connectivity index (χ3v) is 4.39. The molecule has 0 bridgehead atoms. The average Bonchev–Trinajstić information content (AvgIpc) is 2.40. The maximum atomic E-state index is 13.4. The molecule has 0 aliphatic carbocycles. The fourth-order valence-corrected chi connectivity index (χ4v) is 3.17. The van der Waals surface area contributed by atoms with Crippen molar-refractivity contribution in [1.29, 1.82) is 0 Å². The summed E-state index contributed by atoms with van der Waals surface area (Å²) in [5.41, 5.74) is 1.08. The highest BCUT2D eigenvalue weighted by atomic mass is 19.1. The first-order chi connectivity index (χ1) is 9.95. The van der Waals surface area contributed by atoms with Crippen molar-refractivity contribution < 1.29 is 4.39 Å². The Morgan fingerprint density at radius 3 is 2.67 bits per heavy atom. The van der Waals surface area contributed by atoms with E-state index in [1.54, 1.807) is 6.07 Å². The second-order valence-electron chi connectivity index (χ2n) is 7.10. The van der Waals surface area contributed by atoms with Gasteiger partial charge in [-0.15, -0.1) is 0 Å². The predicted molar refractivity (Wildman–Crippen MR) is 86.7 cm³/mol. The molecule has 0 amide bonds. The van der Waals surface area contributed by atoms with Crippen LogP contribution in [0.2, 0.25) is 0 Å². The van der Waals surface area contributed by atoms with Crippen LogP contribution in [-0.2, 0) is 6.54 Å². The lowest BCUT2D eigenvalue weighted by Gasteiger charge is -2.42. The van der Waals surface area contributed by atoms with Crippen molar-refractivity contribution in [3.8, 4) is 0 Å². The molecule has 0 radical (unpaired) electrons. The van der Waals surface area contributed by atoms with E-state index >= 15 is 0 Å². The van der Waals surface area contributed by atoms with Gasteiger partial charge in [-0.1, -0.05) is 39.8 Å². The van der Waals surface area contributed by atoms with E-state index < -0.39 is 0 Å². The molecule has 118 valence electrons. The van der Waals surface area contributed by atoms with Crippen molar-refractivity contribution in [3.63, 3.8) is 0 Å². The second-order valence-corrected chi connectivity index (χ2v) is 7.10. The Balaban J connectivity index is 2.08. The van der Waals surface area contributed by atoms with Crippen molar-refractivity contribution in [1.82, 2.24) is 10.2 Å². The summed E-state index contributed by atoms with van der Waals surface area (Å²) in [6, 6.07) is 8.10. The van der Waals surface area contributed by atoms with Crippen molar-refractivity contribution >= 4 is 0 Å². The highest BCUT2D eigenvalue weighted by Gasteiger charge is 2.29. The third-order valence-electron chi connectivity index (χ3n) is 4.39. The van der Waals surface area contributed by atoms with Crippen molar-refractivity contribution in [3.05, 3.63) is 35.6 Å². The minimum absolute atomic E-state index is 0.136. The Labute approximate surface area is 128 Å². The number of hydrogen-bond donors (Lipinski definition) is 1. The van der Waals surface area contributed by atoms with Crippen LogP contribution in [0.4, 0.5) is 4.39 Å². The van der Waals surface area contributed by atoms with Gasteiger partial charge in [-0.3, -0.25) is 4.90 Å². The second kappa shape index (κ2) is 7.37. The molecule has 2 nitrogen and oxygen atoms in total. The average molecular weight is 292 g/mol. The monoisotopic (exact) mass is 292 g/mol. The molecule has 0 aromatic heterocycles. The van der Waals surface area contributed by atoms with E-state index in [-0.39, 0.29) is 5.82 Å². The zero-order valence-electron chi connectivity index (χ0n) is 13.8. The van der Waals surface area contributed by atoms with Crippen LogP contribution in [0, 0.1) is 17.7 Å². The fraction of sp³-hybridized carbons (Fsp3) is 0.667. The molecule has 3 heteroatoms. The molecule has 1 N–H and O–H groups in total. The zero-order chi connectivity index (χ0) is 15.4. The molecular formula is C18H29FN2. The maximum absolute atomic E-state index is 13.4. The molecule has 2 unspecified atom stereocenters. The number of piperazine rings is 1. The number of halogens is 1. The van der Waals surface area contributed by atoms with Crippen LogP contribution in [-0.4, -0.2) is 30.1 Å². The molecule has 1 aromatic carbocycles. The van der Waals surface area contributed by atoms with E-state index in [0.29, 0.717) is 23.9 Å². The Kier molecular flexibility index (Phi) is 5.77. The first-order valence-electron chi connectivity index (χ1n) is 8.17. The summed E-state index contributed by atoms with van der Waals surface area (Å²) >= 11 is 0. The number of rotatable bonds is 5. The molecule has 0 saturated carbocycles. The molecule has 1 aliphatic heterocycles. The zero-order valence-corrected chi connectivity index (χ0v) is 13.8. The lowest BCUT2D eigenvalue weighted by Crippen LogP contribution is -2.57. The Hall–Kier alpha value is -0.930. The van der Waals surface area contributed by atoms with Crippen LogP contribution >= 0.6 is 0 Å². The Morgan fingerprint density at radius 2 is 2.05 bits per heavy atom. The lowest BCUT2D eigenvalue weighted by molar-refractivity contribution is 0.0923. The fourth-order valence-electron chi connectivity index (χ4n) is 3.17. The van der Waals surface area contributed by atoms with Gasteiger partial charge < -0.3 is 5.32 Å². The van der Waals surface area contributed by atoms with Gasteiger partial charge in [-0.25, -0.2) is 4.39 Å². The number of nitrogens with one attached hydrogen (secondary N) is 1. The Bertz CT molecular complexity index is 445. The minimum Gasteiger partial charge on any atom is -0.311 e. The van der Waals surface area contributed by atoms with Crippen molar-refractivity contribution in [2.24, 2.45) is 11.8 Å². The van der Waals surface area contributed by atoms with Gasteiger partial charge in [0.25, 0.3) is 0 Å². The molecule has 21 heavy (non-hydrogen) atoms. The lowest BCUT2D eigenvalue weighted by atomic mass is 9.94. The SMILES string of the molecule is CC(C)CC1CNC(C(C)C)CN1Cc1cccc(F)c1. The van der Waals surface area contributed by atoms with Crippen molar-refractivity contribution in [2.45, 2.75) is 52.7 Å². The van der Waals surface area contributed by atoms with Crippen molar-refractivity contribution in [2.75, 3.05) is 13.1 Å². The number of benzene rings is 1. The maximum Gasteiger partial charge on any atom is 0.123 e. The van der Waals surface area contributed by atoms with Gasteiger partial charge in [0.1, 0.15) is 5.82 Å². The third kappa shape index (κ3) is 4.79. The van der Waals surface area contributed by atoms with E-state index in [1.165, 1.54) is 12.5 Å². The minimum atomic E-state index is -0.136. The summed E-state index contributed by atoms with van der Waals surface area (Å²) in [5, 5.41) is 3.69. The molecule has 0 spiro atoms. The van der Waals surface area contributed by atoms with E-state index in [4.69, 9.17) is 0 Å². The normalized spacial score (nSPS) is 24.0. The standard InChI is InChI=1S/C18H29FN2/c1-13(2)8-17-10-20-18(14(3)4)12-21(17)11-15-6-5-7-16(19)9-15/h5-7,9,13-14,17-18,20H,8,10-12H2,1-4H3. The van der Waals surface area contributed by atoms with Gasteiger partial charge in [0, 0.05) is 31.7 Å². The molecule has 1 aliphatic rings. The highest BCUT2D eigenvalue weighted by Crippen LogP contribution is 2.21. The molecular weight excluding hydrogens is 263 g/mol.